The van der Waals surface area contributed by atoms with E-state index in [9.17, 15) is 13.2 Å². The number of hydrogen-bond donors (Lipinski definition) is 1. The van der Waals surface area contributed by atoms with Crippen molar-refractivity contribution in [2.45, 2.75) is 12.5 Å². The normalized spacial score (nSPS) is 20.0. The minimum absolute atomic E-state index is 0.0107. The predicted molar refractivity (Wildman–Crippen MR) is 81.7 cm³/mol. The molecule has 1 amide bonds. The maximum atomic E-state index is 11.6. The van der Waals surface area contributed by atoms with Gasteiger partial charge in [0, 0.05) is 11.6 Å². The smallest absolute Gasteiger partial charge is 0.261 e. The van der Waals surface area contributed by atoms with Crippen LogP contribution in [0, 0.1) is 0 Å². The Morgan fingerprint density at radius 2 is 2.23 bits per heavy atom. The first-order valence-electron chi connectivity index (χ1n) is 6.78. The molecular weight excluding hydrogens is 308 g/mol. The Kier molecular flexibility index (Phi) is 5.37. The second-order valence-corrected chi connectivity index (χ2v) is 7.15. The number of carbonyl (C=O) groups is 1. The van der Waals surface area contributed by atoms with Gasteiger partial charge in [0.25, 0.3) is 5.91 Å². The Labute approximate surface area is 129 Å². The first kappa shape index (κ1) is 16.3. The molecule has 8 heteroatoms. The molecule has 1 atom stereocenters. The summed E-state index contributed by atoms with van der Waals surface area (Å²) >= 11 is 0. The Bertz CT molecular complexity index is 657. The molecule has 0 unspecified atom stereocenters. The monoisotopic (exact) mass is 326 g/mol. The van der Waals surface area contributed by atoms with E-state index in [0.717, 1.165) is 5.56 Å². The average Bonchev–Trinajstić information content (AvgIpc) is 2.83. The van der Waals surface area contributed by atoms with Gasteiger partial charge in [-0.3, -0.25) is 4.79 Å². The largest absolute Gasteiger partial charge is 0.496 e. The Morgan fingerprint density at radius 1 is 1.45 bits per heavy atom. The lowest BCUT2D eigenvalue weighted by Crippen LogP contribution is -2.37. The summed E-state index contributed by atoms with van der Waals surface area (Å²) in [5.41, 5.74) is 0.729. The molecule has 1 aliphatic rings. The highest BCUT2D eigenvalue weighted by atomic mass is 32.2. The molecule has 1 aromatic carbocycles. The van der Waals surface area contributed by atoms with Gasteiger partial charge in [-0.05, 0) is 18.6 Å². The molecule has 0 aromatic heterocycles. The Balaban J connectivity index is 1.76. The van der Waals surface area contributed by atoms with Crippen LogP contribution in [0.15, 0.2) is 29.4 Å². The van der Waals surface area contributed by atoms with Crippen molar-refractivity contribution in [3.05, 3.63) is 29.8 Å². The first-order chi connectivity index (χ1) is 10.5. The quantitative estimate of drug-likeness (QED) is 0.601. The van der Waals surface area contributed by atoms with Crippen LogP contribution in [0.2, 0.25) is 0 Å². The van der Waals surface area contributed by atoms with Crippen LogP contribution in [-0.4, -0.2) is 51.8 Å². The second-order valence-electron chi connectivity index (χ2n) is 4.92. The summed E-state index contributed by atoms with van der Waals surface area (Å²) in [5, 5.41) is 6.32. The fourth-order valence-electron chi connectivity index (χ4n) is 2.14. The average molecular weight is 326 g/mol. The van der Waals surface area contributed by atoms with E-state index in [1.165, 1.54) is 6.21 Å². The molecular formula is C14H18N2O5S. The summed E-state index contributed by atoms with van der Waals surface area (Å²) in [6, 6.07) is 6.92. The minimum Gasteiger partial charge on any atom is -0.496 e. The molecule has 0 radical (unpaired) electrons. The number of oxime groups is 1. The number of methoxy groups -OCH3 is 1. The number of hydrogen-bond acceptors (Lipinski definition) is 6. The van der Waals surface area contributed by atoms with Gasteiger partial charge in [0.1, 0.15) is 5.75 Å². The van der Waals surface area contributed by atoms with Gasteiger partial charge >= 0.3 is 0 Å². The van der Waals surface area contributed by atoms with Crippen molar-refractivity contribution in [2.75, 3.05) is 25.2 Å². The summed E-state index contributed by atoms with van der Waals surface area (Å²) in [6.07, 6.45) is 1.89. The molecule has 1 saturated heterocycles. The van der Waals surface area contributed by atoms with E-state index in [0.29, 0.717) is 12.2 Å². The number of amides is 1. The third-order valence-corrected chi connectivity index (χ3v) is 4.97. The van der Waals surface area contributed by atoms with Crippen molar-refractivity contribution in [1.29, 1.82) is 0 Å². The van der Waals surface area contributed by atoms with Crippen LogP contribution in [-0.2, 0) is 19.5 Å². The van der Waals surface area contributed by atoms with Crippen molar-refractivity contribution < 1.29 is 22.8 Å². The molecule has 22 heavy (non-hydrogen) atoms. The zero-order chi connectivity index (χ0) is 16.0. The molecule has 0 bridgehead atoms. The van der Waals surface area contributed by atoms with E-state index in [1.54, 1.807) is 19.2 Å². The standard InChI is InChI=1S/C14H18N2O5S/c1-20-13-5-3-2-4-11(13)8-15-21-9-14(17)16-12-6-7-22(18,19)10-12/h2-5,8,12H,6-7,9-10H2,1H3,(H,16,17)/b15-8-/t12-/m1/s1. The molecule has 7 nitrogen and oxygen atoms in total. The fraction of sp³-hybridized carbons (Fsp3) is 0.429. The summed E-state index contributed by atoms with van der Waals surface area (Å²) in [6.45, 7) is -0.262. The molecule has 0 aliphatic carbocycles. The zero-order valence-corrected chi connectivity index (χ0v) is 13.0. The van der Waals surface area contributed by atoms with E-state index < -0.39 is 9.84 Å². The maximum absolute atomic E-state index is 11.6. The first-order valence-corrected chi connectivity index (χ1v) is 8.60. The summed E-state index contributed by atoms with van der Waals surface area (Å²) in [5.74, 6) is 0.364. The number of benzene rings is 1. The topological polar surface area (TPSA) is 94.1 Å². The number of rotatable bonds is 6. The maximum Gasteiger partial charge on any atom is 0.261 e. The summed E-state index contributed by atoms with van der Waals surface area (Å²) < 4.78 is 27.7. The van der Waals surface area contributed by atoms with Crippen molar-refractivity contribution in [1.82, 2.24) is 5.32 Å². The number of nitrogens with zero attached hydrogens (tertiary/aromatic N) is 1. The molecule has 2 rings (SSSR count). The van der Waals surface area contributed by atoms with Gasteiger partial charge in [-0.15, -0.1) is 0 Å². The van der Waals surface area contributed by atoms with Crippen LogP contribution in [0.3, 0.4) is 0 Å². The lowest BCUT2D eigenvalue weighted by Gasteiger charge is -2.09. The molecule has 120 valence electrons. The molecule has 0 saturated carbocycles. The number of sulfone groups is 1. The molecule has 1 aliphatic heterocycles. The number of para-hydroxylation sites is 1. The summed E-state index contributed by atoms with van der Waals surface area (Å²) in [7, 11) is -1.46. The molecule has 1 heterocycles. The van der Waals surface area contributed by atoms with Crippen LogP contribution < -0.4 is 10.1 Å². The zero-order valence-electron chi connectivity index (χ0n) is 12.2. The van der Waals surface area contributed by atoms with Crippen molar-refractivity contribution in [2.24, 2.45) is 5.16 Å². The Hall–Kier alpha value is -2.09. The van der Waals surface area contributed by atoms with Crippen LogP contribution in [0.5, 0.6) is 5.75 Å². The lowest BCUT2D eigenvalue weighted by atomic mass is 10.2. The van der Waals surface area contributed by atoms with Gasteiger partial charge < -0.3 is 14.9 Å². The van der Waals surface area contributed by atoms with E-state index in [4.69, 9.17) is 9.57 Å². The third kappa shape index (κ3) is 4.73. The van der Waals surface area contributed by atoms with Crippen LogP contribution in [0.25, 0.3) is 0 Å². The van der Waals surface area contributed by atoms with Gasteiger partial charge in [0.05, 0.1) is 24.8 Å². The predicted octanol–water partition coefficient (Wildman–Crippen LogP) is 0.349. The van der Waals surface area contributed by atoms with Gasteiger partial charge in [0.15, 0.2) is 16.4 Å². The minimum atomic E-state index is -3.01. The lowest BCUT2D eigenvalue weighted by molar-refractivity contribution is -0.126. The van der Waals surface area contributed by atoms with Crippen LogP contribution in [0.4, 0.5) is 0 Å². The highest BCUT2D eigenvalue weighted by molar-refractivity contribution is 7.91. The van der Waals surface area contributed by atoms with Crippen LogP contribution in [0.1, 0.15) is 12.0 Å². The fourth-order valence-corrected chi connectivity index (χ4v) is 3.81. The Morgan fingerprint density at radius 3 is 2.91 bits per heavy atom. The molecule has 1 fully saturated rings. The van der Waals surface area contributed by atoms with Gasteiger partial charge in [-0.25, -0.2) is 8.42 Å². The van der Waals surface area contributed by atoms with Crippen molar-refractivity contribution in [3.8, 4) is 5.75 Å². The van der Waals surface area contributed by atoms with Crippen molar-refractivity contribution >= 4 is 22.0 Å². The van der Waals surface area contributed by atoms with E-state index in [1.807, 2.05) is 12.1 Å². The van der Waals surface area contributed by atoms with Gasteiger partial charge in [-0.2, -0.15) is 0 Å². The van der Waals surface area contributed by atoms with E-state index >= 15 is 0 Å². The highest BCUT2D eigenvalue weighted by Crippen LogP contribution is 2.14. The molecule has 1 N–H and O–H groups in total. The number of carbonyl (C=O) groups excluding carboxylic acids is 1. The number of ether oxygens (including phenoxy) is 1. The van der Waals surface area contributed by atoms with Gasteiger partial charge in [-0.1, -0.05) is 17.3 Å². The van der Waals surface area contributed by atoms with Crippen LogP contribution >= 0.6 is 0 Å². The molecule has 1 aromatic rings. The van der Waals surface area contributed by atoms with Crippen molar-refractivity contribution in [3.63, 3.8) is 0 Å². The number of nitrogens with one attached hydrogen (secondary N) is 1. The third-order valence-electron chi connectivity index (χ3n) is 3.20. The highest BCUT2D eigenvalue weighted by Gasteiger charge is 2.28. The molecule has 0 spiro atoms. The summed E-state index contributed by atoms with van der Waals surface area (Å²) in [4.78, 5) is 16.5. The second kappa shape index (κ2) is 7.26. The van der Waals surface area contributed by atoms with Gasteiger partial charge in [0.2, 0.25) is 0 Å². The van der Waals surface area contributed by atoms with E-state index in [-0.39, 0.29) is 30.1 Å². The SMILES string of the molecule is COc1ccccc1/C=N\OCC(=O)N[C@@H]1CCS(=O)(=O)C1. The van der Waals surface area contributed by atoms with E-state index in [2.05, 4.69) is 10.5 Å².